The van der Waals surface area contributed by atoms with Gasteiger partial charge in [0.25, 0.3) is 10.0 Å². The first-order chi connectivity index (χ1) is 10.6. The third-order valence-corrected chi connectivity index (χ3v) is 5.76. The van der Waals surface area contributed by atoms with E-state index in [0.29, 0.717) is 5.92 Å². The molecule has 0 saturated heterocycles. The van der Waals surface area contributed by atoms with Crippen molar-refractivity contribution in [1.82, 2.24) is 0 Å². The van der Waals surface area contributed by atoms with Crippen LogP contribution in [0, 0.1) is 18.8 Å². The minimum absolute atomic E-state index is 0.227. The Balaban J connectivity index is 1.80. The van der Waals surface area contributed by atoms with Crippen LogP contribution in [0.4, 0.5) is 0 Å². The molecule has 2 unspecified atom stereocenters. The third kappa shape index (κ3) is 3.22. The zero-order valence-electron chi connectivity index (χ0n) is 12.8. The molecule has 0 spiro atoms. The van der Waals surface area contributed by atoms with Gasteiger partial charge in [-0.3, -0.25) is 0 Å². The van der Waals surface area contributed by atoms with Crippen molar-refractivity contribution < 1.29 is 8.42 Å². The summed E-state index contributed by atoms with van der Waals surface area (Å²) in [7, 11) is -3.58. The first-order valence-electron chi connectivity index (χ1n) is 7.80. The van der Waals surface area contributed by atoms with E-state index in [-0.39, 0.29) is 10.8 Å². The van der Waals surface area contributed by atoms with Crippen LogP contribution in [0.1, 0.15) is 31.2 Å². The van der Waals surface area contributed by atoms with Crippen LogP contribution in [0.5, 0.6) is 0 Å². The molecular weight excluding hydrogens is 294 g/mol. The Morgan fingerprint density at radius 3 is 2.68 bits per heavy atom. The molecule has 116 valence electrons. The quantitative estimate of drug-likeness (QED) is 0.790. The molecule has 22 heavy (non-hydrogen) atoms. The molecule has 3 rings (SSSR count). The molecule has 2 aliphatic carbocycles. The predicted octanol–water partition coefficient (Wildman–Crippen LogP) is 4.06. The van der Waals surface area contributed by atoms with Crippen molar-refractivity contribution in [1.29, 1.82) is 0 Å². The lowest BCUT2D eigenvalue weighted by Crippen LogP contribution is -2.23. The van der Waals surface area contributed by atoms with E-state index in [0.717, 1.165) is 31.2 Å². The topological polar surface area (TPSA) is 46.5 Å². The highest BCUT2D eigenvalue weighted by Gasteiger charge is 2.27. The normalized spacial score (nSPS) is 25.0. The Labute approximate surface area is 132 Å². The van der Waals surface area contributed by atoms with Gasteiger partial charge in [-0.1, -0.05) is 35.9 Å². The molecule has 2 aliphatic rings. The molecule has 0 saturated carbocycles. The second-order valence-corrected chi connectivity index (χ2v) is 7.71. The van der Waals surface area contributed by atoms with Gasteiger partial charge in [0, 0.05) is 12.1 Å². The fourth-order valence-corrected chi connectivity index (χ4v) is 4.14. The monoisotopic (exact) mass is 315 g/mol. The summed E-state index contributed by atoms with van der Waals surface area (Å²) in [6, 6.07) is 6.85. The number of rotatable bonds is 3. The van der Waals surface area contributed by atoms with Crippen LogP contribution < -0.4 is 0 Å². The fourth-order valence-electron chi connectivity index (χ4n) is 3.22. The Morgan fingerprint density at radius 1 is 1.14 bits per heavy atom. The van der Waals surface area contributed by atoms with Crippen molar-refractivity contribution in [3.8, 4) is 0 Å². The van der Waals surface area contributed by atoms with Crippen molar-refractivity contribution in [2.45, 2.75) is 37.5 Å². The van der Waals surface area contributed by atoms with Gasteiger partial charge in [-0.25, -0.2) is 0 Å². The molecule has 0 heterocycles. The maximum Gasteiger partial charge on any atom is 0.281 e. The molecule has 0 amide bonds. The number of sulfonamides is 1. The van der Waals surface area contributed by atoms with E-state index in [1.54, 1.807) is 30.5 Å². The number of nitrogens with zero attached hydrogens (tertiary/aromatic N) is 1. The average molecular weight is 315 g/mol. The van der Waals surface area contributed by atoms with E-state index >= 15 is 0 Å². The van der Waals surface area contributed by atoms with E-state index in [1.165, 1.54) is 5.57 Å². The summed E-state index contributed by atoms with van der Waals surface area (Å²) in [4.78, 5) is 0.268. The molecule has 0 bridgehead atoms. The summed E-state index contributed by atoms with van der Waals surface area (Å²) in [6.45, 7) is 1.94. The first-order valence-corrected chi connectivity index (χ1v) is 9.24. The molecule has 4 heteroatoms. The number of allylic oxidation sites excluding steroid dienone is 4. The summed E-state index contributed by atoms with van der Waals surface area (Å²) in [5, 5.41) is 0. The summed E-state index contributed by atoms with van der Waals surface area (Å²) >= 11 is 0. The van der Waals surface area contributed by atoms with E-state index in [2.05, 4.69) is 22.6 Å². The van der Waals surface area contributed by atoms with Crippen LogP contribution in [-0.4, -0.2) is 14.6 Å². The van der Waals surface area contributed by atoms with Crippen LogP contribution in [0.2, 0.25) is 0 Å². The molecule has 0 aromatic heterocycles. The highest BCUT2D eigenvalue weighted by Crippen LogP contribution is 2.36. The van der Waals surface area contributed by atoms with E-state index in [1.807, 2.05) is 6.92 Å². The van der Waals surface area contributed by atoms with Crippen molar-refractivity contribution in [2.24, 2.45) is 16.2 Å². The molecule has 1 aromatic carbocycles. The van der Waals surface area contributed by atoms with Gasteiger partial charge in [0.2, 0.25) is 0 Å². The van der Waals surface area contributed by atoms with Crippen LogP contribution in [0.15, 0.2) is 57.4 Å². The zero-order chi connectivity index (χ0) is 15.6. The van der Waals surface area contributed by atoms with Gasteiger partial charge in [-0.15, -0.1) is 0 Å². The van der Waals surface area contributed by atoms with Crippen LogP contribution >= 0.6 is 0 Å². The maximum atomic E-state index is 12.3. The highest BCUT2D eigenvalue weighted by atomic mass is 32.2. The number of benzene rings is 1. The van der Waals surface area contributed by atoms with Crippen LogP contribution in [-0.2, 0) is 10.0 Å². The van der Waals surface area contributed by atoms with Gasteiger partial charge in [-0.05, 0) is 56.2 Å². The second kappa shape index (κ2) is 6.21. The fraction of sp³-hybridized carbons (Fsp3) is 0.389. The average Bonchev–Trinajstić information content (AvgIpc) is 2.53. The Morgan fingerprint density at radius 2 is 1.91 bits per heavy atom. The van der Waals surface area contributed by atoms with Gasteiger partial charge in [0.05, 0.1) is 4.90 Å². The minimum Gasteiger partial charge on any atom is -0.199 e. The number of aryl methyl sites for hydroxylation is 1. The van der Waals surface area contributed by atoms with Gasteiger partial charge in [-0.2, -0.15) is 12.8 Å². The summed E-state index contributed by atoms with van der Waals surface area (Å²) in [5.74, 6) is 0.654. The SMILES string of the molecule is Cc1ccc(S(=O)(=O)/N=C/C2CCC=C3C=CCCC32)cc1. The lowest BCUT2D eigenvalue weighted by Gasteiger charge is -2.31. The standard InChI is InChI=1S/C18H21NO2S/c1-14-9-11-17(12-10-14)22(20,21)19-13-16-7-4-6-15-5-2-3-8-18(15)16/h2,5-6,9-13,16,18H,3-4,7-8H2,1H3/b19-13+. The molecule has 2 atom stereocenters. The van der Waals surface area contributed by atoms with Crippen molar-refractivity contribution >= 4 is 16.2 Å². The second-order valence-electron chi connectivity index (χ2n) is 6.07. The maximum absolute atomic E-state index is 12.3. The van der Waals surface area contributed by atoms with Crippen LogP contribution in [0.25, 0.3) is 0 Å². The van der Waals surface area contributed by atoms with E-state index in [9.17, 15) is 8.42 Å². The molecule has 1 aromatic rings. The van der Waals surface area contributed by atoms with Gasteiger partial charge in [0.15, 0.2) is 0 Å². The number of fused-ring (bicyclic) bond motifs is 1. The highest BCUT2D eigenvalue weighted by molar-refractivity contribution is 7.90. The molecule has 0 N–H and O–H groups in total. The number of hydrogen-bond acceptors (Lipinski definition) is 2. The smallest absolute Gasteiger partial charge is 0.199 e. The van der Waals surface area contributed by atoms with E-state index in [4.69, 9.17) is 0 Å². The lowest BCUT2D eigenvalue weighted by molar-refractivity contribution is 0.414. The summed E-state index contributed by atoms with van der Waals surface area (Å²) < 4.78 is 28.6. The molecule has 0 fully saturated rings. The first kappa shape index (κ1) is 15.2. The predicted molar refractivity (Wildman–Crippen MR) is 89.5 cm³/mol. The van der Waals surface area contributed by atoms with Crippen molar-refractivity contribution in [2.75, 3.05) is 0 Å². The molecular formula is C18H21NO2S. The molecule has 3 nitrogen and oxygen atoms in total. The molecule has 0 aliphatic heterocycles. The van der Waals surface area contributed by atoms with Gasteiger partial charge >= 0.3 is 0 Å². The summed E-state index contributed by atoms with van der Waals surface area (Å²) in [6.07, 6.45) is 12.5. The van der Waals surface area contributed by atoms with Gasteiger partial charge < -0.3 is 0 Å². The van der Waals surface area contributed by atoms with Crippen LogP contribution in [0.3, 0.4) is 0 Å². The van der Waals surface area contributed by atoms with Crippen molar-refractivity contribution in [3.63, 3.8) is 0 Å². The Kier molecular flexibility index (Phi) is 4.30. The summed E-state index contributed by atoms with van der Waals surface area (Å²) in [5.41, 5.74) is 2.39. The molecule has 0 radical (unpaired) electrons. The minimum atomic E-state index is -3.58. The van der Waals surface area contributed by atoms with E-state index < -0.39 is 10.0 Å². The largest absolute Gasteiger partial charge is 0.281 e. The van der Waals surface area contributed by atoms with Gasteiger partial charge in [0.1, 0.15) is 0 Å². The lowest BCUT2D eigenvalue weighted by atomic mass is 9.74. The Hall–Kier alpha value is -1.68. The third-order valence-electron chi connectivity index (χ3n) is 4.49. The zero-order valence-corrected chi connectivity index (χ0v) is 13.6. The number of hydrogen-bond donors (Lipinski definition) is 0. The van der Waals surface area contributed by atoms with Crippen molar-refractivity contribution in [3.05, 3.63) is 53.6 Å². The Bertz CT molecular complexity index is 727.